The fourth-order valence-corrected chi connectivity index (χ4v) is 2.40. The molecule has 1 aromatic heterocycles. The Kier molecular flexibility index (Phi) is 6.20. The van der Waals surface area contributed by atoms with E-state index in [1.54, 1.807) is 50.6 Å². The highest BCUT2D eigenvalue weighted by atomic mass is 32.2. The van der Waals surface area contributed by atoms with E-state index in [-0.39, 0.29) is 18.4 Å². The van der Waals surface area contributed by atoms with Gasteiger partial charge in [0.25, 0.3) is 5.91 Å². The van der Waals surface area contributed by atoms with Gasteiger partial charge in [0.05, 0.1) is 24.2 Å². The molecular weight excluding hydrogens is 326 g/mol. The number of methoxy groups -OCH3 is 1. The van der Waals surface area contributed by atoms with Crippen molar-refractivity contribution < 1.29 is 14.3 Å². The third-order valence-corrected chi connectivity index (χ3v) is 3.93. The summed E-state index contributed by atoms with van der Waals surface area (Å²) in [5, 5.41) is 3.58. The van der Waals surface area contributed by atoms with E-state index < -0.39 is 0 Å². The lowest BCUT2D eigenvalue weighted by Gasteiger charge is -2.17. The van der Waals surface area contributed by atoms with Crippen LogP contribution in [0.15, 0.2) is 47.6 Å². The van der Waals surface area contributed by atoms with Crippen LogP contribution in [0.25, 0.3) is 0 Å². The molecular formula is C17H19N3O3S. The lowest BCUT2D eigenvalue weighted by molar-refractivity contribution is -0.116. The molecule has 6 nitrogen and oxygen atoms in total. The molecule has 0 fully saturated rings. The van der Waals surface area contributed by atoms with Crippen LogP contribution < -0.4 is 10.1 Å². The van der Waals surface area contributed by atoms with Crippen molar-refractivity contribution in [1.82, 2.24) is 9.88 Å². The number of benzene rings is 1. The van der Waals surface area contributed by atoms with Gasteiger partial charge in [-0.1, -0.05) is 6.07 Å². The first kappa shape index (κ1) is 17.8. The van der Waals surface area contributed by atoms with Crippen molar-refractivity contribution in [1.29, 1.82) is 0 Å². The minimum Gasteiger partial charge on any atom is -0.497 e. The maximum Gasteiger partial charge on any atom is 0.255 e. The highest BCUT2D eigenvalue weighted by Gasteiger charge is 2.15. The Morgan fingerprint density at radius 1 is 1.29 bits per heavy atom. The van der Waals surface area contributed by atoms with Crippen molar-refractivity contribution in [3.63, 3.8) is 0 Å². The number of carbonyl (C=O) groups excluding carboxylic acids is 2. The summed E-state index contributed by atoms with van der Waals surface area (Å²) >= 11 is 1.50. The van der Waals surface area contributed by atoms with Gasteiger partial charge in [-0.25, -0.2) is 4.98 Å². The molecule has 1 aromatic carbocycles. The Morgan fingerprint density at radius 3 is 2.71 bits per heavy atom. The maximum atomic E-state index is 12.3. The molecule has 0 aliphatic heterocycles. The Hall–Kier alpha value is -2.54. The SMILES string of the molecule is COc1cccc(NC(=O)CN(C)C(=O)c2ccc(SC)nc2)c1. The molecule has 0 radical (unpaired) electrons. The summed E-state index contributed by atoms with van der Waals surface area (Å²) < 4.78 is 5.11. The molecule has 24 heavy (non-hydrogen) atoms. The van der Waals surface area contributed by atoms with Gasteiger partial charge in [0.15, 0.2) is 0 Å². The number of nitrogens with one attached hydrogen (secondary N) is 1. The number of rotatable bonds is 6. The number of ether oxygens (including phenoxy) is 1. The van der Waals surface area contributed by atoms with E-state index in [9.17, 15) is 9.59 Å². The Bertz CT molecular complexity index is 719. The fraction of sp³-hybridized carbons (Fsp3) is 0.235. The maximum absolute atomic E-state index is 12.3. The van der Waals surface area contributed by atoms with Crippen LogP contribution >= 0.6 is 11.8 Å². The molecule has 0 atom stereocenters. The van der Waals surface area contributed by atoms with Crippen LogP contribution in [0.4, 0.5) is 5.69 Å². The second-order valence-corrected chi connectivity index (χ2v) is 5.86. The van der Waals surface area contributed by atoms with E-state index in [0.29, 0.717) is 17.0 Å². The van der Waals surface area contributed by atoms with Gasteiger partial charge in [0, 0.05) is 25.0 Å². The summed E-state index contributed by atoms with van der Waals surface area (Å²) in [4.78, 5) is 29.9. The lowest BCUT2D eigenvalue weighted by Crippen LogP contribution is -2.35. The molecule has 0 spiro atoms. The number of likely N-dealkylation sites (N-methyl/N-ethyl adjacent to an activating group) is 1. The monoisotopic (exact) mass is 345 g/mol. The van der Waals surface area contributed by atoms with E-state index >= 15 is 0 Å². The molecule has 0 bridgehead atoms. The largest absolute Gasteiger partial charge is 0.497 e. The Balaban J connectivity index is 1.95. The Labute approximate surface area is 145 Å². The summed E-state index contributed by atoms with van der Waals surface area (Å²) in [6.45, 7) is -0.0552. The highest BCUT2D eigenvalue weighted by Crippen LogP contribution is 2.16. The van der Waals surface area contributed by atoms with Crippen molar-refractivity contribution in [3.05, 3.63) is 48.2 Å². The number of hydrogen-bond donors (Lipinski definition) is 1. The second-order valence-electron chi connectivity index (χ2n) is 5.03. The fourth-order valence-electron chi connectivity index (χ4n) is 2.04. The third kappa shape index (κ3) is 4.73. The number of anilines is 1. The number of amides is 2. The highest BCUT2D eigenvalue weighted by molar-refractivity contribution is 7.98. The third-order valence-electron chi connectivity index (χ3n) is 3.27. The molecule has 7 heteroatoms. The molecule has 1 N–H and O–H groups in total. The number of nitrogens with zero attached hydrogens (tertiary/aromatic N) is 2. The Morgan fingerprint density at radius 2 is 2.08 bits per heavy atom. The summed E-state index contributed by atoms with van der Waals surface area (Å²) in [5.41, 5.74) is 1.07. The van der Waals surface area contributed by atoms with Crippen molar-refractivity contribution in [2.45, 2.75) is 5.03 Å². The normalized spacial score (nSPS) is 10.1. The van der Waals surface area contributed by atoms with Crippen LogP contribution in [-0.4, -0.2) is 48.7 Å². The van der Waals surface area contributed by atoms with Crippen LogP contribution in [0.5, 0.6) is 5.75 Å². The average Bonchev–Trinajstić information content (AvgIpc) is 2.61. The van der Waals surface area contributed by atoms with Crippen molar-refractivity contribution in [2.75, 3.05) is 32.3 Å². The van der Waals surface area contributed by atoms with Gasteiger partial charge in [-0.05, 0) is 30.5 Å². The minimum absolute atomic E-state index is 0.0552. The van der Waals surface area contributed by atoms with Crippen LogP contribution in [0.1, 0.15) is 10.4 Å². The molecule has 126 valence electrons. The van der Waals surface area contributed by atoms with E-state index in [4.69, 9.17) is 4.74 Å². The van der Waals surface area contributed by atoms with Crippen molar-refractivity contribution in [2.24, 2.45) is 0 Å². The van der Waals surface area contributed by atoms with Gasteiger partial charge in [0.2, 0.25) is 5.91 Å². The molecule has 2 amide bonds. The topological polar surface area (TPSA) is 71.5 Å². The standard InChI is InChI=1S/C17H19N3O3S/c1-20(17(22)12-7-8-16(24-3)18-10-12)11-15(21)19-13-5-4-6-14(9-13)23-2/h4-10H,11H2,1-3H3,(H,19,21). The molecule has 0 unspecified atom stereocenters. The van der Waals surface area contributed by atoms with Gasteiger partial charge < -0.3 is 15.0 Å². The number of carbonyl (C=O) groups is 2. The summed E-state index contributed by atoms with van der Waals surface area (Å²) in [7, 11) is 3.14. The first-order valence-electron chi connectivity index (χ1n) is 7.23. The average molecular weight is 345 g/mol. The van der Waals surface area contributed by atoms with Crippen LogP contribution in [0.2, 0.25) is 0 Å². The van der Waals surface area contributed by atoms with E-state index in [0.717, 1.165) is 5.03 Å². The molecule has 2 rings (SSSR count). The molecule has 0 saturated carbocycles. The first-order chi connectivity index (χ1) is 11.5. The zero-order valence-corrected chi connectivity index (χ0v) is 14.6. The smallest absolute Gasteiger partial charge is 0.255 e. The van der Waals surface area contributed by atoms with E-state index in [2.05, 4.69) is 10.3 Å². The van der Waals surface area contributed by atoms with Gasteiger partial charge in [0.1, 0.15) is 5.75 Å². The lowest BCUT2D eigenvalue weighted by atomic mass is 10.2. The van der Waals surface area contributed by atoms with Gasteiger partial charge in [-0.15, -0.1) is 11.8 Å². The van der Waals surface area contributed by atoms with Crippen molar-refractivity contribution in [3.8, 4) is 5.75 Å². The first-order valence-corrected chi connectivity index (χ1v) is 8.45. The molecule has 2 aromatic rings. The van der Waals surface area contributed by atoms with Crippen LogP contribution in [0.3, 0.4) is 0 Å². The zero-order valence-electron chi connectivity index (χ0n) is 13.8. The molecule has 1 heterocycles. The minimum atomic E-state index is -0.284. The molecule has 0 saturated heterocycles. The predicted molar refractivity (Wildman–Crippen MR) is 94.6 cm³/mol. The second kappa shape index (κ2) is 8.35. The van der Waals surface area contributed by atoms with Crippen LogP contribution in [0, 0.1) is 0 Å². The number of aromatic nitrogens is 1. The van der Waals surface area contributed by atoms with E-state index in [1.807, 2.05) is 6.26 Å². The number of hydrogen-bond acceptors (Lipinski definition) is 5. The predicted octanol–water partition coefficient (Wildman–Crippen LogP) is 2.52. The number of thioether (sulfide) groups is 1. The molecule has 0 aliphatic carbocycles. The van der Waals surface area contributed by atoms with E-state index in [1.165, 1.54) is 22.9 Å². The van der Waals surface area contributed by atoms with Crippen LogP contribution in [-0.2, 0) is 4.79 Å². The number of pyridine rings is 1. The van der Waals surface area contributed by atoms with Gasteiger partial charge in [-0.3, -0.25) is 9.59 Å². The summed E-state index contributed by atoms with van der Waals surface area (Å²) in [5.74, 6) is 0.112. The van der Waals surface area contributed by atoms with Gasteiger partial charge in [-0.2, -0.15) is 0 Å². The summed E-state index contributed by atoms with van der Waals surface area (Å²) in [6.07, 6.45) is 3.43. The van der Waals surface area contributed by atoms with Crippen molar-refractivity contribution >= 4 is 29.3 Å². The summed E-state index contributed by atoms with van der Waals surface area (Å²) in [6, 6.07) is 10.5. The van der Waals surface area contributed by atoms with Gasteiger partial charge >= 0.3 is 0 Å². The zero-order chi connectivity index (χ0) is 17.5. The quantitative estimate of drug-likeness (QED) is 0.815. The molecule has 0 aliphatic rings.